The monoisotopic (exact) mass is 241 g/mol. The van der Waals surface area contributed by atoms with Gasteiger partial charge in [-0.2, -0.15) is 0 Å². The predicted molar refractivity (Wildman–Crippen MR) is 67.6 cm³/mol. The molecule has 0 bridgehead atoms. The number of furan rings is 1. The van der Waals surface area contributed by atoms with Crippen LogP contribution >= 0.6 is 0 Å². The van der Waals surface area contributed by atoms with Crippen molar-refractivity contribution in [3.8, 4) is 0 Å². The van der Waals surface area contributed by atoms with Gasteiger partial charge < -0.3 is 9.15 Å². The van der Waals surface area contributed by atoms with Crippen molar-refractivity contribution < 1.29 is 13.9 Å². The lowest BCUT2D eigenvalue weighted by molar-refractivity contribution is 0.0602. The van der Waals surface area contributed by atoms with Crippen LogP contribution in [0.15, 0.2) is 34.9 Å². The quantitative estimate of drug-likeness (QED) is 0.614. The van der Waals surface area contributed by atoms with E-state index in [0.717, 1.165) is 22.0 Å². The number of rotatable bonds is 1. The van der Waals surface area contributed by atoms with Gasteiger partial charge in [0, 0.05) is 17.0 Å². The van der Waals surface area contributed by atoms with Crippen LogP contribution in [0.2, 0.25) is 0 Å². The second-order valence-corrected chi connectivity index (χ2v) is 4.09. The Labute approximate surface area is 103 Å². The van der Waals surface area contributed by atoms with Crippen LogP contribution in [0, 0.1) is 6.92 Å². The third kappa shape index (κ3) is 1.46. The molecule has 0 saturated heterocycles. The van der Waals surface area contributed by atoms with Crippen LogP contribution < -0.4 is 0 Å². The molecule has 0 radical (unpaired) electrons. The molecule has 0 spiro atoms. The third-order valence-corrected chi connectivity index (χ3v) is 2.90. The largest absolute Gasteiger partial charge is 0.465 e. The average molecular weight is 241 g/mol. The molecule has 0 aliphatic carbocycles. The number of aromatic nitrogens is 1. The van der Waals surface area contributed by atoms with E-state index in [4.69, 9.17) is 9.15 Å². The minimum absolute atomic E-state index is 0.403. The molecule has 2 aromatic heterocycles. The van der Waals surface area contributed by atoms with Crippen molar-refractivity contribution in [2.75, 3.05) is 7.11 Å². The summed E-state index contributed by atoms with van der Waals surface area (Å²) in [7, 11) is 1.36. The van der Waals surface area contributed by atoms with E-state index in [-0.39, 0.29) is 0 Å². The molecule has 3 rings (SSSR count). The highest BCUT2D eigenvalue weighted by Gasteiger charge is 2.17. The highest BCUT2D eigenvalue weighted by molar-refractivity contribution is 6.12. The first-order valence-corrected chi connectivity index (χ1v) is 5.57. The molecule has 0 aliphatic heterocycles. The summed E-state index contributed by atoms with van der Waals surface area (Å²) in [6.45, 7) is 1.84. The van der Waals surface area contributed by atoms with E-state index in [1.54, 1.807) is 12.3 Å². The molecule has 0 fully saturated rings. The standard InChI is InChI=1S/C14H11NO3/c1-8-6-10-12-9(4-3-5-15-12)7-11(13(10)18-8)14(16)17-2/h3-7H,1-2H3. The van der Waals surface area contributed by atoms with Gasteiger partial charge in [0.05, 0.1) is 12.6 Å². The molecule has 4 nitrogen and oxygen atoms in total. The Hall–Kier alpha value is -2.36. The number of fused-ring (bicyclic) bond motifs is 3. The molecular weight excluding hydrogens is 230 g/mol. The van der Waals surface area contributed by atoms with E-state index in [1.807, 2.05) is 25.1 Å². The second-order valence-electron chi connectivity index (χ2n) is 4.09. The fraction of sp³-hybridized carbons (Fsp3) is 0.143. The summed E-state index contributed by atoms with van der Waals surface area (Å²) in [4.78, 5) is 16.1. The normalized spacial score (nSPS) is 11.0. The second kappa shape index (κ2) is 3.84. The van der Waals surface area contributed by atoms with Crippen LogP contribution in [-0.2, 0) is 4.74 Å². The Kier molecular flexibility index (Phi) is 2.30. The number of benzene rings is 1. The van der Waals surface area contributed by atoms with E-state index in [0.29, 0.717) is 11.1 Å². The Morgan fingerprint density at radius 3 is 3.00 bits per heavy atom. The fourth-order valence-electron chi connectivity index (χ4n) is 2.13. The summed E-state index contributed by atoms with van der Waals surface area (Å²) in [5.41, 5.74) is 1.80. The van der Waals surface area contributed by atoms with Gasteiger partial charge in [0.15, 0.2) is 5.58 Å². The zero-order chi connectivity index (χ0) is 12.7. The molecule has 18 heavy (non-hydrogen) atoms. The number of esters is 1. The van der Waals surface area contributed by atoms with Gasteiger partial charge in [-0.3, -0.25) is 4.98 Å². The van der Waals surface area contributed by atoms with Gasteiger partial charge in [0.2, 0.25) is 0 Å². The van der Waals surface area contributed by atoms with Crippen LogP contribution in [0.5, 0.6) is 0 Å². The van der Waals surface area contributed by atoms with Crippen molar-refractivity contribution in [1.29, 1.82) is 0 Å². The summed E-state index contributed by atoms with van der Waals surface area (Å²) in [6, 6.07) is 7.38. The number of hydrogen-bond acceptors (Lipinski definition) is 4. The van der Waals surface area contributed by atoms with Crippen LogP contribution in [0.4, 0.5) is 0 Å². The minimum atomic E-state index is -0.403. The van der Waals surface area contributed by atoms with Crippen LogP contribution in [-0.4, -0.2) is 18.1 Å². The zero-order valence-electron chi connectivity index (χ0n) is 10.1. The van der Waals surface area contributed by atoms with Crippen LogP contribution in [0.3, 0.4) is 0 Å². The van der Waals surface area contributed by atoms with Crippen molar-refractivity contribution in [3.05, 3.63) is 41.8 Å². The first-order chi connectivity index (χ1) is 8.70. The lowest BCUT2D eigenvalue weighted by Gasteiger charge is -2.03. The van der Waals surface area contributed by atoms with E-state index >= 15 is 0 Å². The average Bonchev–Trinajstić information content (AvgIpc) is 2.78. The Balaban J connectivity index is 2.50. The van der Waals surface area contributed by atoms with Crippen molar-refractivity contribution in [2.24, 2.45) is 0 Å². The molecule has 0 N–H and O–H groups in total. The van der Waals surface area contributed by atoms with E-state index in [2.05, 4.69) is 4.98 Å². The van der Waals surface area contributed by atoms with E-state index in [9.17, 15) is 4.79 Å². The summed E-state index contributed by atoms with van der Waals surface area (Å²) in [5.74, 6) is 0.341. The maximum atomic E-state index is 11.8. The lowest BCUT2D eigenvalue weighted by atomic mass is 10.1. The Morgan fingerprint density at radius 2 is 2.22 bits per heavy atom. The minimum Gasteiger partial charge on any atom is -0.465 e. The molecule has 0 aliphatic rings. The van der Waals surface area contributed by atoms with Gasteiger partial charge >= 0.3 is 5.97 Å². The molecular formula is C14H11NO3. The molecule has 0 amide bonds. The van der Waals surface area contributed by atoms with Gasteiger partial charge in [0.25, 0.3) is 0 Å². The van der Waals surface area contributed by atoms with Gasteiger partial charge in [-0.1, -0.05) is 6.07 Å². The number of pyridine rings is 1. The molecule has 0 unspecified atom stereocenters. The topological polar surface area (TPSA) is 52.3 Å². The molecule has 0 atom stereocenters. The highest BCUT2D eigenvalue weighted by atomic mass is 16.5. The Bertz CT molecular complexity index is 758. The first kappa shape index (κ1) is 10.8. The molecule has 0 saturated carbocycles. The zero-order valence-corrected chi connectivity index (χ0v) is 10.1. The highest BCUT2D eigenvalue weighted by Crippen LogP contribution is 2.30. The van der Waals surface area contributed by atoms with Crippen molar-refractivity contribution in [2.45, 2.75) is 6.92 Å². The van der Waals surface area contributed by atoms with Crippen LogP contribution in [0.1, 0.15) is 16.1 Å². The maximum absolute atomic E-state index is 11.8. The number of carbonyl (C=O) groups excluding carboxylic acids is 1. The fourth-order valence-corrected chi connectivity index (χ4v) is 2.13. The van der Waals surface area contributed by atoms with Crippen molar-refractivity contribution in [1.82, 2.24) is 4.98 Å². The molecule has 2 heterocycles. The van der Waals surface area contributed by atoms with Crippen molar-refractivity contribution >= 4 is 27.8 Å². The number of carbonyl (C=O) groups is 1. The van der Waals surface area contributed by atoms with E-state index < -0.39 is 5.97 Å². The summed E-state index contributed by atoms with van der Waals surface area (Å²) < 4.78 is 10.4. The first-order valence-electron chi connectivity index (χ1n) is 5.57. The smallest absolute Gasteiger partial charge is 0.341 e. The van der Waals surface area contributed by atoms with E-state index in [1.165, 1.54) is 7.11 Å². The number of methoxy groups -OCH3 is 1. The van der Waals surface area contributed by atoms with Gasteiger partial charge in [-0.25, -0.2) is 4.79 Å². The van der Waals surface area contributed by atoms with Gasteiger partial charge in [-0.05, 0) is 25.1 Å². The SMILES string of the molecule is COC(=O)c1cc2cccnc2c2cc(C)oc12. The maximum Gasteiger partial charge on any atom is 0.341 e. The molecule has 4 heteroatoms. The number of hydrogen-bond donors (Lipinski definition) is 0. The van der Waals surface area contributed by atoms with Crippen molar-refractivity contribution in [3.63, 3.8) is 0 Å². The number of ether oxygens (including phenoxy) is 1. The van der Waals surface area contributed by atoms with Gasteiger partial charge in [-0.15, -0.1) is 0 Å². The third-order valence-electron chi connectivity index (χ3n) is 2.90. The van der Waals surface area contributed by atoms with Gasteiger partial charge in [0.1, 0.15) is 11.3 Å². The predicted octanol–water partition coefficient (Wildman–Crippen LogP) is 3.08. The molecule has 1 aromatic carbocycles. The number of nitrogens with zero attached hydrogens (tertiary/aromatic N) is 1. The summed E-state index contributed by atoms with van der Waals surface area (Å²) in [6.07, 6.45) is 1.72. The number of aryl methyl sites for hydroxylation is 1. The summed E-state index contributed by atoms with van der Waals surface area (Å²) in [5, 5.41) is 1.73. The Morgan fingerprint density at radius 1 is 1.39 bits per heavy atom. The lowest BCUT2D eigenvalue weighted by Crippen LogP contribution is -2.01. The molecule has 90 valence electrons. The summed E-state index contributed by atoms with van der Waals surface area (Å²) >= 11 is 0. The molecule has 3 aromatic rings. The van der Waals surface area contributed by atoms with Crippen LogP contribution in [0.25, 0.3) is 21.9 Å².